The van der Waals surface area contributed by atoms with Gasteiger partial charge in [-0.1, -0.05) is 6.92 Å². The van der Waals surface area contributed by atoms with Gasteiger partial charge in [0.2, 0.25) is 11.8 Å². The largest absolute Gasteiger partial charge is 0.466 e. The molecule has 2 amide bonds. The van der Waals surface area contributed by atoms with E-state index in [9.17, 15) is 19.2 Å². The number of nitrogens with zero attached hydrogens (tertiary/aromatic N) is 1. The second-order valence-corrected chi connectivity index (χ2v) is 4.01. The number of carbonyl (C=O) groups is 4. The Labute approximate surface area is 110 Å². The van der Waals surface area contributed by atoms with Crippen molar-refractivity contribution < 1.29 is 28.7 Å². The SMILES string of the molecule is COC(=O)/C=C/C(=O)OCCN1C(=O)CC(C)C1=O. The Hall–Kier alpha value is -2.18. The van der Waals surface area contributed by atoms with Crippen molar-refractivity contribution in [3.8, 4) is 0 Å². The maximum absolute atomic E-state index is 11.5. The number of rotatable bonds is 5. The lowest BCUT2D eigenvalue weighted by atomic mass is 10.1. The van der Waals surface area contributed by atoms with Crippen LogP contribution < -0.4 is 0 Å². The third kappa shape index (κ3) is 4.20. The van der Waals surface area contributed by atoms with Gasteiger partial charge in [-0.3, -0.25) is 14.5 Å². The van der Waals surface area contributed by atoms with Crippen molar-refractivity contribution in [3.05, 3.63) is 12.2 Å². The first-order valence-electron chi connectivity index (χ1n) is 5.72. The minimum Gasteiger partial charge on any atom is -0.466 e. The van der Waals surface area contributed by atoms with Gasteiger partial charge in [-0.05, 0) is 0 Å². The van der Waals surface area contributed by atoms with Gasteiger partial charge in [0, 0.05) is 24.5 Å². The molecule has 1 heterocycles. The molecule has 1 saturated heterocycles. The number of methoxy groups -OCH3 is 1. The van der Waals surface area contributed by atoms with Crippen LogP contribution in [0.3, 0.4) is 0 Å². The maximum Gasteiger partial charge on any atom is 0.331 e. The molecule has 0 aliphatic carbocycles. The minimum absolute atomic E-state index is 0.0276. The molecule has 0 aromatic rings. The average Bonchev–Trinajstić information content (AvgIpc) is 2.62. The minimum atomic E-state index is -0.738. The number of hydrogen-bond acceptors (Lipinski definition) is 6. The van der Waals surface area contributed by atoms with Crippen molar-refractivity contribution in [2.75, 3.05) is 20.3 Å². The highest BCUT2D eigenvalue weighted by atomic mass is 16.5. The Balaban J connectivity index is 2.33. The molecule has 1 fully saturated rings. The van der Waals surface area contributed by atoms with Gasteiger partial charge >= 0.3 is 11.9 Å². The van der Waals surface area contributed by atoms with Crippen LogP contribution in [0.15, 0.2) is 12.2 Å². The number of hydrogen-bond donors (Lipinski definition) is 0. The lowest BCUT2D eigenvalue weighted by Gasteiger charge is -2.13. The van der Waals surface area contributed by atoms with Crippen molar-refractivity contribution in [2.45, 2.75) is 13.3 Å². The molecule has 0 aromatic heterocycles. The Morgan fingerprint density at radius 3 is 2.47 bits per heavy atom. The summed E-state index contributed by atoms with van der Waals surface area (Å²) >= 11 is 0. The number of likely N-dealkylation sites (tertiary alicyclic amines) is 1. The number of ether oxygens (including phenoxy) is 2. The summed E-state index contributed by atoms with van der Waals surface area (Å²) in [5.41, 5.74) is 0. The van der Waals surface area contributed by atoms with Gasteiger partial charge in [0.25, 0.3) is 0 Å². The summed E-state index contributed by atoms with van der Waals surface area (Å²) in [4.78, 5) is 45.9. The molecule has 7 heteroatoms. The van der Waals surface area contributed by atoms with Gasteiger partial charge < -0.3 is 9.47 Å². The molecule has 1 aliphatic heterocycles. The van der Waals surface area contributed by atoms with Crippen LogP contribution in [-0.2, 0) is 28.7 Å². The quantitative estimate of drug-likeness (QED) is 0.385. The summed E-state index contributed by atoms with van der Waals surface area (Å²) in [6, 6.07) is 0. The maximum atomic E-state index is 11.5. The Bertz CT molecular complexity index is 428. The molecule has 7 nitrogen and oxygen atoms in total. The molecule has 0 spiro atoms. The molecular weight excluding hydrogens is 254 g/mol. The second kappa shape index (κ2) is 6.67. The summed E-state index contributed by atoms with van der Waals surface area (Å²) in [5, 5.41) is 0. The predicted molar refractivity (Wildman–Crippen MR) is 62.6 cm³/mol. The van der Waals surface area contributed by atoms with Crippen LogP contribution in [0, 0.1) is 5.92 Å². The fourth-order valence-corrected chi connectivity index (χ4v) is 1.57. The van der Waals surface area contributed by atoms with Gasteiger partial charge in [0.1, 0.15) is 6.61 Å². The molecular formula is C12H15NO6. The highest BCUT2D eigenvalue weighted by Crippen LogP contribution is 2.17. The third-order valence-corrected chi connectivity index (χ3v) is 2.59. The van der Waals surface area contributed by atoms with Crippen molar-refractivity contribution in [3.63, 3.8) is 0 Å². The van der Waals surface area contributed by atoms with Crippen molar-refractivity contribution in [2.24, 2.45) is 5.92 Å². The summed E-state index contributed by atoms with van der Waals surface area (Å²) in [5.74, 6) is -2.25. The molecule has 0 radical (unpaired) electrons. The predicted octanol–water partition coefficient (Wildman–Crippen LogP) is -0.346. The van der Waals surface area contributed by atoms with E-state index >= 15 is 0 Å². The molecule has 0 saturated carbocycles. The van der Waals surface area contributed by atoms with Crippen LogP contribution >= 0.6 is 0 Å². The van der Waals surface area contributed by atoms with E-state index in [-0.39, 0.29) is 37.3 Å². The van der Waals surface area contributed by atoms with Crippen LogP contribution in [-0.4, -0.2) is 48.9 Å². The van der Waals surface area contributed by atoms with E-state index in [0.29, 0.717) is 0 Å². The van der Waals surface area contributed by atoms with Crippen molar-refractivity contribution >= 4 is 23.8 Å². The molecule has 1 rings (SSSR count). The normalized spacial score (nSPS) is 19.1. The summed E-state index contributed by atoms with van der Waals surface area (Å²) in [6.45, 7) is 1.60. The number of imide groups is 1. The third-order valence-electron chi connectivity index (χ3n) is 2.59. The standard InChI is InChI=1S/C12H15NO6/c1-8-7-9(14)13(12(8)17)5-6-19-11(16)4-3-10(15)18-2/h3-4,8H,5-7H2,1-2H3/b4-3+. The van der Waals surface area contributed by atoms with Gasteiger partial charge in [-0.25, -0.2) is 9.59 Å². The van der Waals surface area contributed by atoms with Gasteiger partial charge in [0.05, 0.1) is 13.7 Å². The molecule has 1 aliphatic rings. The van der Waals surface area contributed by atoms with Crippen LogP contribution in [0.1, 0.15) is 13.3 Å². The molecule has 0 bridgehead atoms. The summed E-state index contributed by atoms with van der Waals surface area (Å²) in [6.07, 6.45) is 2.04. The van der Waals surface area contributed by atoms with Gasteiger partial charge in [0.15, 0.2) is 0 Å². The van der Waals surface area contributed by atoms with Crippen LogP contribution in [0.25, 0.3) is 0 Å². The van der Waals surface area contributed by atoms with E-state index in [1.54, 1.807) is 6.92 Å². The van der Waals surface area contributed by atoms with Crippen LogP contribution in [0.5, 0.6) is 0 Å². The fraction of sp³-hybridized carbons (Fsp3) is 0.500. The average molecular weight is 269 g/mol. The monoisotopic (exact) mass is 269 g/mol. The molecule has 1 atom stereocenters. The van der Waals surface area contributed by atoms with E-state index in [4.69, 9.17) is 4.74 Å². The van der Waals surface area contributed by atoms with Crippen molar-refractivity contribution in [1.82, 2.24) is 4.90 Å². The molecule has 0 aromatic carbocycles. The topological polar surface area (TPSA) is 90.0 Å². The lowest BCUT2D eigenvalue weighted by Crippen LogP contribution is -2.33. The first kappa shape index (κ1) is 14.9. The highest BCUT2D eigenvalue weighted by Gasteiger charge is 2.35. The van der Waals surface area contributed by atoms with E-state index in [1.807, 2.05) is 0 Å². The first-order valence-corrected chi connectivity index (χ1v) is 5.72. The first-order chi connectivity index (χ1) is 8.95. The highest BCUT2D eigenvalue weighted by molar-refractivity contribution is 6.03. The van der Waals surface area contributed by atoms with Gasteiger partial charge in [-0.2, -0.15) is 0 Å². The Morgan fingerprint density at radius 1 is 1.32 bits per heavy atom. The second-order valence-electron chi connectivity index (χ2n) is 4.01. The Kier molecular flexibility index (Phi) is 5.23. The fourth-order valence-electron chi connectivity index (χ4n) is 1.57. The molecule has 1 unspecified atom stereocenters. The zero-order chi connectivity index (χ0) is 14.4. The van der Waals surface area contributed by atoms with E-state index in [2.05, 4.69) is 4.74 Å². The number of esters is 2. The van der Waals surface area contributed by atoms with E-state index in [0.717, 1.165) is 17.1 Å². The Morgan fingerprint density at radius 2 is 1.95 bits per heavy atom. The smallest absolute Gasteiger partial charge is 0.331 e. The zero-order valence-corrected chi connectivity index (χ0v) is 10.8. The number of carbonyl (C=O) groups excluding carboxylic acids is 4. The van der Waals surface area contributed by atoms with E-state index < -0.39 is 11.9 Å². The lowest BCUT2D eigenvalue weighted by molar-refractivity contribution is -0.145. The van der Waals surface area contributed by atoms with Gasteiger partial charge in [-0.15, -0.1) is 0 Å². The molecule has 19 heavy (non-hydrogen) atoms. The summed E-state index contributed by atoms with van der Waals surface area (Å²) < 4.78 is 9.05. The molecule has 104 valence electrons. The van der Waals surface area contributed by atoms with Crippen molar-refractivity contribution in [1.29, 1.82) is 0 Å². The number of amides is 2. The zero-order valence-electron chi connectivity index (χ0n) is 10.8. The van der Waals surface area contributed by atoms with E-state index in [1.165, 1.54) is 7.11 Å². The van der Waals surface area contributed by atoms with Crippen LogP contribution in [0.2, 0.25) is 0 Å². The molecule has 0 N–H and O–H groups in total. The van der Waals surface area contributed by atoms with Crippen LogP contribution in [0.4, 0.5) is 0 Å². The summed E-state index contributed by atoms with van der Waals surface area (Å²) in [7, 11) is 1.18.